The molecule has 0 bridgehead atoms. The average Bonchev–Trinajstić information content (AvgIpc) is 2.99. The number of hydrogen-bond acceptors (Lipinski definition) is 5. The number of fused-ring (bicyclic) bond motifs is 1. The van der Waals surface area contributed by atoms with Crippen molar-refractivity contribution in [2.45, 2.75) is 26.1 Å². The van der Waals surface area contributed by atoms with Crippen molar-refractivity contribution in [1.29, 1.82) is 0 Å². The Labute approximate surface area is 122 Å². The molecule has 1 aliphatic rings. The largest absolute Gasteiger partial charge is 0.493 e. The third-order valence-electron chi connectivity index (χ3n) is 3.50. The van der Waals surface area contributed by atoms with E-state index >= 15 is 0 Å². The first-order valence-electron chi connectivity index (χ1n) is 7.19. The van der Waals surface area contributed by atoms with Gasteiger partial charge in [-0.05, 0) is 24.1 Å². The third kappa shape index (κ3) is 3.25. The molecule has 0 N–H and O–H groups in total. The molecule has 0 unspecified atom stereocenters. The SMILES string of the molecule is CCc1cc(=O)oc2cc(OCCC3OCCO3)ccc12. The maximum atomic E-state index is 11.5. The summed E-state index contributed by atoms with van der Waals surface area (Å²) in [6, 6.07) is 7.11. The molecule has 1 fully saturated rings. The quantitative estimate of drug-likeness (QED) is 0.792. The second kappa shape index (κ2) is 6.28. The smallest absolute Gasteiger partial charge is 0.336 e. The van der Waals surface area contributed by atoms with Crippen LogP contribution in [0.15, 0.2) is 33.5 Å². The minimum absolute atomic E-state index is 0.171. The third-order valence-corrected chi connectivity index (χ3v) is 3.50. The zero-order valence-corrected chi connectivity index (χ0v) is 12.0. The van der Waals surface area contributed by atoms with Gasteiger partial charge in [0.15, 0.2) is 6.29 Å². The molecular formula is C16H18O5. The Kier molecular flexibility index (Phi) is 4.22. The molecule has 1 aromatic heterocycles. The van der Waals surface area contributed by atoms with Gasteiger partial charge in [0.2, 0.25) is 0 Å². The fraction of sp³-hybridized carbons (Fsp3) is 0.438. The van der Waals surface area contributed by atoms with Crippen molar-refractivity contribution in [1.82, 2.24) is 0 Å². The van der Waals surface area contributed by atoms with Crippen LogP contribution in [-0.4, -0.2) is 26.1 Å². The maximum absolute atomic E-state index is 11.5. The van der Waals surface area contributed by atoms with Crippen molar-refractivity contribution >= 4 is 11.0 Å². The minimum Gasteiger partial charge on any atom is -0.493 e. The van der Waals surface area contributed by atoms with E-state index in [0.29, 0.717) is 37.6 Å². The molecule has 21 heavy (non-hydrogen) atoms. The fourth-order valence-electron chi connectivity index (χ4n) is 2.44. The van der Waals surface area contributed by atoms with E-state index in [4.69, 9.17) is 18.6 Å². The average molecular weight is 290 g/mol. The number of ether oxygens (including phenoxy) is 3. The molecule has 0 radical (unpaired) electrons. The Morgan fingerprint density at radius 3 is 2.81 bits per heavy atom. The minimum atomic E-state index is -0.329. The topological polar surface area (TPSA) is 57.9 Å². The standard InChI is InChI=1S/C16H18O5/c1-2-11-9-15(17)21-14-10-12(3-4-13(11)14)18-6-5-16-19-7-8-20-16/h3-4,9-10,16H,2,5-8H2,1H3. The fourth-order valence-corrected chi connectivity index (χ4v) is 2.44. The highest BCUT2D eigenvalue weighted by Gasteiger charge is 2.15. The Morgan fingerprint density at radius 2 is 2.05 bits per heavy atom. The van der Waals surface area contributed by atoms with Crippen molar-refractivity contribution in [3.8, 4) is 5.75 Å². The molecule has 1 aliphatic heterocycles. The van der Waals surface area contributed by atoms with Gasteiger partial charge in [-0.1, -0.05) is 6.92 Å². The van der Waals surface area contributed by atoms with Crippen molar-refractivity contribution in [3.63, 3.8) is 0 Å². The summed E-state index contributed by atoms with van der Waals surface area (Å²) in [6.07, 6.45) is 1.30. The Bertz CT molecular complexity index is 670. The normalized spacial score (nSPS) is 15.7. The molecule has 0 aliphatic carbocycles. The highest BCUT2D eigenvalue weighted by atomic mass is 16.7. The molecule has 5 nitrogen and oxygen atoms in total. The summed E-state index contributed by atoms with van der Waals surface area (Å²) >= 11 is 0. The van der Waals surface area contributed by atoms with Gasteiger partial charge in [-0.2, -0.15) is 0 Å². The van der Waals surface area contributed by atoms with Gasteiger partial charge in [0, 0.05) is 23.9 Å². The maximum Gasteiger partial charge on any atom is 0.336 e. The molecule has 1 aromatic carbocycles. The van der Waals surface area contributed by atoms with Crippen LogP contribution in [0.3, 0.4) is 0 Å². The van der Waals surface area contributed by atoms with E-state index in [1.807, 2.05) is 19.1 Å². The summed E-state index contributed by atoms with van der Waals surface area (Å²) in [5, 5.41) is 0.951. The van der Waals surface area contributed by atoms with Gasteiger partial charge in [0.1, 0.15) is 11.3 Å². The van der Waals surface area contributed by atoms with E-state index in [9.17, 15) is 4.79 Å². The van der Waals surface area contributed by atoms with Gasteiger partial charge in [-0.25, -0.2) is 4.79 Å². The van der Waals surface area contributed by atoms with Gasteiger partial charge in [0.25, 0.3) is 0 Å². The molecule has 0 atom stereocenters. The van der Waals surface area contributed by atoms with Crippen LogP contribution >= 0.6 is 0 Å². The predicted molar refractivity (Wildman–Crippen MR) is 77.7 cm³/mol. The van der Waals surface area contributed by atoms with Crippen LogP contribution in [0, 0.1) is 0 Å². The van der Waals surface area contributed by atoms with Crippen LogP contribution in [-0.2, 0) is 15.9 Å². The van der Waals surface area contributed by atoms with Crippen molar-refractivity contribution in [2.75, 3.05) is 19.8 Å². The lowest BCUT2D eigenvalue weighted by molar-refractivity contribution is -0.0531. The summed E-state index contributed by atoms with van der Waals surface area (Å²) < 4.78 is 21.6. The van der Waals surface area contributed by atoms with Gasteiger partial charge in [-0.3, -0.25) is 0 Å². The van der Waals surface area contributed by atoms with Gasteiger partial charge in [-0.15, -0.1) is 0 Å². The van der Waals surface area contributed by atoms with Crippen LogP contribution in [0.4, 0.5) is 0 Å². The number of hydrogen-bond donors (Lipinski definition) is 0. The van der Waals surface area contributed by atoms with Crippen LogP contribution in [0.25, 0.3) is 11.0 Å². The molecule has 0 saturated carbocycles. The second-order valence-electron chi connectivity index (χ2n) is 4.91. The van der Waals surface area contributed by atoms with Crippen LogP contribution in [0.2, 0.25) is 0 Å². The van der Waals surface area contributed by atoms with E-state index in [2.05, 4.69) is 0 Å². The van der Waals surface area contributed by atoms with Crippen molar-refractivity contribution < 1.29 is 18.6 Å². The molecule has 5 heteroatoms. The monoisotopic (exact) mass is 290 g/mol. The summed E-state index contributed by atoms with van der Waals surface area (Å²) in [7, 11) is 0. The summed E-state index contributed by atoms with van der Waals surface area (Å²) in [6.45, 7) is 3.80. The first kappa shape index (κ1) is 14.1. The molecular weight excluding hydrogens is 272 g/mol. The van der Waals surface area contributed by atoms with E-state index in [-0.39, 0.29) is 11.9 Å². The highest BCUT2D eigenvalue weighted by Crippen LogP contribution is 2.23. The lowest BCUT2D eigenvalue weighted by atomic mass is 10.1. The van der Waals surface area contributed by atoms with Crippen molar-refractivity contribution in [3.05, 3.63) is 40.2 Å². The van der Waals surface area contributed by atoms with Gasteiger partial charge < -0.3 is 18.6 Å². The van der Waals surface area contributed by atoms with E-state index in [1.54, 1.807) is 6.07 Å². The molecule has 2 heterocycles. The van der Waals surface area contributed by atoms with Gasteiger partial charge >= 0.3 is 5.63 Å². The summed E-state index contributed by atoms with van der Waals surface area (Å²) in [5.74, 6) is 0.678. The van der Waals surface area contributed by atoms with E-state index < -0.39 is 0 Å². The first-order chi connectivity index (χ1) is 10.3. The summed E-state index contributed by atoms with van der Waals surface area (Å²) in [5.41, 5.74) is 1.22. The Hall–Kier alpha value is -1.85. The zero-order chi connectivity index (χ0) is 14.7. The van der Waals surface area contributed by atoms with Crippen molar-refractivity contribution in [2.24, 2.45) is 0 Å². The van der Waals surface area contributed by atoms with Gasteiger partial charge in [0.05, 0.1) is 19.8 Å². The Morgan fingerprint density at radius 1 is 1.24 bits per heavy atom. The number of rotatable bonds is 5. The molecule has 0 spiro atoms. The lowest BCUT2D eigenvalue weighted by Crippen LogP contribution is -2.12. The molecule has 2 aromatic rings. The molecule has 0 amide bonds. The summed E-state index contributed by atoms with van der Waals surface area (Å²) in [4.78, 5) is 11.5. The zero-order valence-electron chi connectivity index (χ0n) is 12.0. The first-order valence-corrected chi connectivity index (χ1v) is 7.19. The second-order valence-corrected chi connectivity index (χ2v) is 4.91. The molecule has 3 rings (SSSR count). The van der Waals surface area contributed by atoms with Crippen LogP contribution in [0.1, 0.15) is 18.9 Å². The van der Waals surface area contributed by atoms with Crippen LogP contribution in [0.5, 0.6) is 5.75 Å². The highest BCUT2D eigenvalue weighted by molar-refractivity contribution is 5.81. The lowest BCUT2D eigenvalue weighted by Gasteiger charge is -2.11. The van der Waals surface area contributed by atoms with E-state index in [0.717, 1.165) is 17.4 Å². The predicted octanol–water partition coefficient (Wildman–Crippen LogP) is 2.50. The number of aryl methyl sites for hydroxylation is 1. The van der Waals surface area contributed by atoms with Crippen LogP contribution < -0.4 is 10.4 Å². The van der Waals surface area contributed by atoms with E-state index in [1.165, 1.54) is 6.07 Å². The molecule has 112 valence electrons. The Balaban J connectivity index is 1.72. The molecule has 1 saturated heterocycles. The number of benzene rings is 1.